The van der Waals surface area contributed by atoms with Gasteiger partial charge >= 0.3 is 0 Å². The molecule has 1 N–H and O–H groups in total. The van der Waals surface area contributed by atoms with E-state index in [-0.39, 0.29) is 5.41 Å². The van der Waals surface area contributed by atoms with Gasteiger partial charge in [0.25, 0.3) is 0 Å². The minimum Gasteiger partial charge on any atom is -0.315 e. The van der Waals surface area contributed by atoms with Crippen molar-refractivity contribution in [2.24, 2.45) is 10.8 Å². The first kappa shape index (κ1) is 16.4. The molecule has 126 valence electrons. The first-order valence-electron chi connectivity index (χ1n) is 9.61. The molecular formula is C19H34N2O. The van der Waals surface area contributed by atoms with Crippen molar-refractivity contribution in [2.45, 2.75) is 77.7 Å². The van der Waals surface area contributed by atoms with Crippen molar-refractivity contribution in [3.05, 3.63) is 0 Å². The van der Waals surface area contributed by atoms with Gasteiger partial charge in [0.15, 0.2) is 0 Å². The van der Waals surface area contributed by atoms with Crippen LogP contribution in [0.4, 0.5) is 0 Å². The van der Waals surface area contributed by atoms with Gasteiger partial charge in [-0.2, -0.15) is 0 Å². The highest BCUT2D eigenvalue weighted by Crippen LogP contribution is 2.51. The maximum Gasteiger partial charge on any atom is 0.139 e. The summed E-state index contributed by atoms with van der Waals surface area (Å²) in [6, 6.07) is 0.729. The number of likely N-dealkylation sites (tertiary alicyclic amines) is 1. The summed E-state index contributed by atoms with van der Waals surface area (Å²) in [6.45, 7) is 9.19. The molecule has 2 unspecified atom stereocenters. The van der Waals surface area contributed by atoms with Gasteiger partial charge in [-0.25, -0.2) is 0 Å². The lowest BCUT2D eigenvalue weighted by Crippen LogP contribution is -2.44. The van der Waals surface area contributed by atoms with Crippen molar-refractivity contribution in [2.75, 3.05) is 26.2 Å². The van der Waals surface area contributed by atoms with Crippen LogP contribution in [0.3, 0.4) is 0 Å². The van der Waals surface area contributed by atoms with E-state index in [1.807, 2.05) is 0 Å². The van der Waals surface area contributed by atoms with Crippen molar-refractivity contribution in [1.82, 2.24) is 10.2 Å². The lowest BCUT2D eigenvalue weighted by atomic mass is 9.59. The van der Waals surface area contributed by atoms with Gasteiger partial charge in [0, 0.05) is 31.0 Å². The Hall–Kier alpha value is -0.410. The van der Waals surface area contributed by atoms with E-state index in [1.165, 1.54) is 38.9 Å². The summed E-state index contributed by atoms with van der Waals surface area (Å²) in [7, 11) is 0. The van der Waals surface area contributed by atoms with Gasteiger partial charge in [-0.15, -0.1) is 0 Å². The van der Waals surface area contributed by atoms with Crippen LogP contribution in [0, 0.1) is 10.8 Å². The standard InChI is InChI=1S/C19H34N2O/c1-3-6-19(7-4-2)9-8-18(13-17(19)22)10-12-21(15-18)16-5-11-20-14-16/h16,20H,3-15H2,1-2H3. The topological polar surface area (TPSA) is 32.3 Å². The molecule has 1 aliphatic carbocycles. The third-order valence-corrected chi connectivity index (χ3v) is 6.74. The summed E-state index contributed by atoms with van der Waals surface area (Å²) in [5.41, 5.74) is 0.363. The molecule has 0 aromatic rings. The van der Waals surface area contributed by atoms with Crippen LogP contribution in [-0.4, -0.2) is 42.9 Å². The van der Waals surface area contributed by atoms with Crippen molar-refractivity contribution in [3.8, 4) is 0 Å². The van der Waals surface area contributed by atoms with E-state index in [9.17, 15) is 4.79 Å². The third kappa shape index (κ3) is 2.99. The molecule has 0 aromatic carbocycles. The minimum atomic E-state index is 0.0388. The number of hydrogen-bond acceptors (Lipinski definition) is 3. The van der Waals surface area contributed by atoms with Gasteiger partial charge in [-0.1, -0.05) is 26.7 Å². The SMILES string of the molecule is CCCC1(CCC)CCC2(CCN(C3CCNC3)C2)CC1=O. The van der Waals surface area contributed by atoms with Crippen LogP contribution in [0.25, 0.3) is 0 Å². The largest absolute Gasteiger partial charge is 0.315 e. The van der Waals surface area contributed by atoms with Gasteiger partial charge in [-0.3, -0.25) is 9.69 Å². The number of carbonyl (C=O) groups is 1. The molecule has 3 aliphatic rings. The molecule has 3 rings (SSSR count). The second-order valence-corrected chi connectivity index (χ2v) is 8.25. The van der Waals surface area contributed by atoms with Crippen LogP contribution >= 0.6 is 0 Å². The van der Waals surface area contributed by atoms with Gasteiger partial charge in [0.05, 0.1) is 0 Å². The molecular weight excluding hydrogens is 272 g/mol. The van der Waals surface area contributed by atoms with Crippen molar-refractivity contribution < 1.29 is 4.79 Å². The van der Waals surface area contributed by atoms with Crippen molar-refractivity contribution in [1.29, 1.82) is 0 Å². The van der Waals surface area contributed by atoms with E-state index in [0.717, 1.165) is 51.1 Å². The molecule has 0 bridgehead atoms. The maximum atomic E-state index is 13.1. The quantitative estimate of drug-likeness (QED) is 0.845. The van der Waals surface area contributed by atoms with Crippen molar-refractivity contribution >= 4 is 5.78 Å². The molecule has 22 heavy (non-hydrogen) atoms. The Morgan fingerprint density at radius 2 is 1.95 bits per heavy atom. The number of ketones is 1. The zero-order valence-corrected chi connectivity index (χ0v) is 14.6. The molecule has 2 saturated heterocycles. The molecule has 3 fully saturated rings. The monoisotopic (exact) mass is 306 g/mol. The third-order valence-electron chi connectivity index (χ3n) is 6.74. The first-order valence-corrected chi connectivity index (χ1v) is 9.61. The normalized spacial score (nSPS) is 35.5. The average Bonchev–Trinajstić information content (AvgIpc) is 3.14. The average molecular weight is 306 g/mol. The van der Waals surface area contributed by atoms with Crippen LogP contribution in [0.15, 0.2) is 0 Å². The first-order chi connectivity index (χ1) is 10.6. The number of Topliss-reactive ketones (excluding diaryl/α,β-unsaturated/α-hetero) is 1. The number of nitrogens with zero attached hydrogens (tertiary/aromatic N) is 1. The zero-order valence-electron chi connectivity index (χ0n) is 14.6. The van der Waals surface area contributed by atoms with E-state index in [0.29, 0.717) is 11.2 Å². The Bertz CT molecular complexity index is 396. The highest BCUT2D eigenvalue weighted by Gasteiger charge is 2.50. The summed E-state index contributed by atoms with van der Waals surface area (Å²) >= 11 is 0. The lowest BCUT2D eigenvalue weighted by Gasteiger charge is -2.44. The Morgan fingerprint density at radius 3 is 2.55 bits per heavy atom. The van der Waals surface area contributed by atoms with E-state index < -0.39 is 0 Å². The maximum absolute atomic E-state index is 13.1. The molecule has 0 radical (unpaired) electrons. The smallest absolute Gasteiger partial charge is 0.139 e. The molecule has 2 aliphatic heterocycles. The van der Waals surface area contributed by atoms with Crippen molar-refractivity contribution in [3.63, 3.8) is 0 Å². The Labute approximate surface area is 136 Å². The summed E-state index contributed by atoms with van der Waals surface area (Å²) < 4.78 is 0. The summed E-state index contributed by atoms with van der Waals surface area (Å²) in [6.07, 6.45) is 10.4. The van der Waals surface area contributed by atoms with E-state index in [1.54, 1.807) is 0 Å². The predicted molar refractivity (Wildman–Crippen MR) is 91.0 cm³/mol. The highest BCUT2D eigenvalue weighted by atomic mass is 16.1. The zero-order chi connectivity index (χ0) is 15.6. The second-order valence-electron chi connectivity index (χ2n) is 8.25. The van der Waals surface area contributed by atoms with Gasteiger partial charge < -0.3 is 5.32 Å². The van der Waals surface area contributed by atoms with E-state index >= 15 is 0 Å². The molecule has 3 heteroatoms. The highest BCUT2D eigenvalue weighted by molar-refractivity contribution is 5.86. The summed E-state index contributed by atoms with van der Waals surface area (Å²) in [4.78, 5) is 15.7. The van der Waals surface area contributed by atoms with Crippen LogP contribution in [-0.2, 0) is 4.79 Å². The molecule has 2 heterocycles. The van der Waals surface area contributed by atoms with Gasteiger partial charge in [-0.05, 0) is 57.0 Å². The van der Waals surface area contributed by atoms with Crippen LogP contribution in [0.1, 0.15) is 71.6 Å². The van der Waals surface area contributed by atoms with Crippen LogP contribution in [0.5, 0.6) is 0 Å². The molecule has 1 saturated carbocycles. The molecule has 0 amide bonds. The fourth-order valence-corrected chi connectivity index (χ4v) is 5.45. The Balaban J connectivity index is 1.65. The van der Waals surface area contributed by atoms with E-state index in [2.05, 4.69) is 24.1 Å². The lowest BCUT2D eigenvalue weighted by molar-refractivity contribution is -0.137. The van der Waals surface area contributed by atoms with Crippen LogP contribution < -0.4 is 5.32 Å². The number of nitrogens with one attached hydrogen (secondary N) is 1. The number of carbonyl (C=O) groups excluding carboxylic acids is 1. The Morgan fingerprint density at radius 1 is 1.18 bits per heavy atom. The number of hydrogen-bond donors (Lipinski definition) is 1. The number of rotatable bonds is 5. The molecule has 2 atom stereocenters. The van der Waals surface area contributed by atoms with E-state index in [4.69, 9.17) is 0 Å². The fourth-order valence-electron chi connectivity index (χ4n) is 5.45. The fraction of sp³-hybridized carbons (Fsp3) is 0.947. The molecule has 1 spiro atoms. The van der Waals surface area contributed by atoms with Gasteiger partial charge in [0.2, 0.25) is 0 Å². The second kappa shape index (κ2) is 6.60. The molecule has 3 nitrogen and oxygen atoms in total. The summed E-state index contributed by atoms with van der Waals surface area (Å²) in [5, 5.41) is 3.49. The summed E-state index contributed by atoms with van der Waals surface area (Å²) in [5.74, 6) is 0.605. The Kier molecular flexibility index (Phi) is 4.94. The predicted octanol–water partition coefficient (Wildman–Crippen LogP) is 3.38. The van der Waals surface area contributed by atoms with Gasteiger partial charge in [0.1, 0.15) is 5.78 Å². The van der Waals surface area contributed by atoms with Crippen LogP contribution in [0.2, 0.25) is 0 Å². The molecule has 0 aromatic heterocycles. The minimum absolute atomic E-state index is 0.0388.